The summed E-state index contributed by atoms with van der Waals surface area (Å²) < 4.78 is 82.7. The van der Waals surface area contributed by atoms with E-state index in [4.69, 9.17) is 9.68 Å². The molecule has 26 heavy (non-hydrogen) atoms. The van der Waals surface area contributed by atoms with Crippen LogP contribution in [0.25, 0.3) is 0 Å². The molecule has 0 fully saturated rings. The number of anilines is 1. The topological polar surface area (TPSA) is 65.4 Å². The quantitative estimate of drug-likeness (QED) is 0.571. The highest BCUT2D eigenvalue weighted by molar-refractivity contribution is 5.55. The van der Waals surface area contributed by atoms with Crippen molar-refractivity contribution in [1.82, 2.24) is 4.98 Å². The largest absolute Gasteiger partial charge is 0.421 e. The molecule has 0 aliphatic carbocycles. The summed E-state index contributed by atoms with van der Waals surface area (Å²) in [5.41, 5.74) is -2.41. The number of aliphatic imine (C=N–C) groups is 1. The normalized spacial score (nSPS) is 11.9. The molecular formula is C15H10F6N4O. The van der Waals surface area contributed by atoms with Crippen LogP contribution in [0, 0.1) is 11.3 Å². The van der Waals surface area contributed by atoms with E-state index in [2.05, 4.69) is 16.7 Å². The van der Waals surface area contributed by atoms with Gasteiger partial charge in [0.05, 0.1) is 29.9 Å². The molecule has 0 aliphatic rings. The van der Waals surface area contributed by atoms with Crippen molar-refractivity contribution >= 4 is 18.3 Å². The van der Waals surface area contributed by atoms with Crippen molar-refractivity contribution in [3.63, 3.8) is 0 Å². The number of hydrogen-bond acceptors (Lipinski definition) is 5. The lowest BCUT2D eigenvalue weighted by Gasteiger charge is -2.25. The predicted octanol–water partition coefficient (Wildman–Crippen LogP) is 4.47. The Hall–Kier alpha value is -3.03. The molecule has 2 aromatic rings. The number of nitrogens with zero attached hydrogens (tertiary/aromatic N) is 4. The number of benzene rings is 1. The van der Waals surface area contributed by atoms with E-state index in [0.29, 0.717) is 11.0 Å². The predicted molar refractivity (Wildman–Crippen MR) is 79.0 cm³/mol. The van der Waals surface area contributed by atoms with Gasteiger partial charge >= 0.3 is 12.4 Å². The Balaban J connectivity index is 2.44. The van der Waals surface area contributed by atoms with Gasteiger partial charge in [-0.3, -0.25) is 0 Å². The Morgan fingerprint density at radius 2 is 1.92 bits per heavy atom. The molecule has 0 saturated heterocycles. The van der Waals surface area contributed by atoms with Crippen LogP contribution in [0.5, 0.6) is 0 Å². The van der Waals surface area contributed by atoms with Crippen LogP contribution >= 0.6 is 0 Å². The first kappa shape index (κ1) is 19.3. The van der Waals surface area contributed by atoms with Crippen molar-refractivity contribution in [2.45, 2.75) is 18.9 Å². The minimum atomic E-state index is -4.90. The van der Waals surface area contributed by atoms with Gasteiger partial charge in [0.15, 0.2) is 0 Å². The highest BCUT2D eigenvalue weighted by atomic mass is 19.4. The molecule has 2 rings (SSSR count). The third-order valence-electron chi connectivity index (χ3n) is 3.19. The summed E-state index contributed by atoms with van der Waals surface area (Å²) >= 11 is 0. The van der Waals surface area contributed by atoms with Gasteiger partial charge in [0.1, 0.15) is 6.54 Å². The van der Waals surface area contributed by atoms with Crippen LogP contribution in [0.15, 0.2) is 33.8 Å². The van der Waals surface area contributed by atoms with Crippen LogP contribution < -0.4 is 4.90 Å². The minimum Gasteiger partial charge on any atom is -0.421 e. The van der Waals surface area contributed by atoms with E-state index in [1.807, 2.05) is 0 Å². The summed E-state index contributed by atoms with van der Waals surface area (Å²) in [6, 6.07) is 3.66. The summed E-state index contributed by atoms with van der Waals surface area (Å²) in [4.78, 5) is 7.72. The zero-order valence-corrected chi connectivity index (χ0v) is 12.9. The SMILES string of the molecule is C=Nc1cnc(CN(CC(F)(F)F)c2ccc(C#N)c(C(F)(F)F)c2)o1. The third kappa shape index (κ3) is 4.75. The second-order valence-corrected chi connectivity index (χ2v) is 5.06. The van der Waals surface area contributed by atoms with E-state index in [1.54, 1.807) is 0 Å². The molecule has 0 saturated carbocycles. The summed E-state index contributed by atoms with van der Waals surface area (Å²) in [6.45, 7) is 1.06. The standard InChI is InChI=1S/C15H10F6N4O/c1-23-12-6-24-13(26-12)7-25(8-14(16,17)18)10-3-2-9(5-22)11(4-10)15(19,20)21/h2-4,6H,1,7-8H2. The highest BCUT2D eigenvalue weighted by Crippen LogP contribution is 2.35. The van der Waals surface area contributed by atoms with E-state index < -0.39 is 36.6 Å². The van der Waals surface area contributed by atoms with Crippen molar-refractivity contribution in [2.75, 3.05) is 11.4 Å². The number of hydrogen-bond donors (Lipinski definition) is 0. The van der Waals surface area contributed by atoms with Crippen LogP contribution in [0.2, 0.25) is 0 Å². The maximum absolute atomic E-state index is 13.1. The molecule has 1 aromatic heterocycles. The molecule has 0 bridgehead atoms. The number of alkyl halides is 6. The number of aromatic nitrogens is 1. The number of nitriles is 1. The van der Waals surface area contributed by atoms with Crippen LogP contribution in [0.4, 0.5) is 37.9 Å². The van der Waals surface area contributed by atoms with E-state index >= 15 is 0 Å². The molecule has 0 radical (unpaired) electrons. The molecule has 138 valence electrons. The smallest absolute Gasteiger partial charge is 0.417 e. The zero-order chi connectivity index (χ0) is 19.5. The lowest BCUT2D eigenvalue weighted by atomic mass is 10.1. The van der Waals surface area contributed by atoms with E-state index in [9.17, 15) is 26.3 Å². The average molecular weight is 376 g/mol. The zero-order valence-electron chi connectivity index (χ0n) is 12.9. The van der Waals surface area contributed by atoms with Gasteiger partial charge in [-0.1, -0.05) is 0 Å². The van der Waals surface area contributed by atoms with Crippen molar-refractivity contribution < 1.29 is 30.8 Å². The van der Waals surface area contributed by atoms with Crippen LogP contribution in [-0.2, 0) is 12.7 Å². The average Bonchev–Trinajstić information content (AvgIpc) is 2.99. The molecule has 0 atom stereocenters. The summed E-state index contributed by atoms with van der Waals surface area (Å²) in [5, 5.41) is 8.78. The Morgan fingerprint density at radius 1 is 1.23 bits per heavy atom. The van der Waals surface area contributed by atoms with E-state index in [1.165, 1.54) is 6.07 Å². The van der Waals surface area contributed by atoms with Gasteiger partial charge in [0.25, 0.3) is 0 Å². The molecule has 1 aromatic carbocycles. The molecule has 0 aliphatic heterocycles. The van der Waals surface area contributed by atoms with Gasteiger partial charge in [-0.15, -0.1) is 0 Å². The monoisotopic (exact) mass is 376 g/mol. The number of halogens is 6. The van der Waals surface area contributed by atoms with Crippen molar-refractivity contribution in [1.29, 1.82) is 5.26 Å². The molecule has 0 N–H and O–H groups in total. The van der Waals surface area contributed by atoms with Gasteiger partial charge in [-0.2, -0.15) is 31.6 Å². The summed E-state index contributed by atoms with van der Waals surface area (Å²) in [6.07, 6.45) is -8.47. The third-order valence-corrected chi connectivity index (χ3v) is 3.19. The fourth-order valence-corrected chi connectivity index (χ4v) is 2.13. The minimum absolute atomic E-state index is 0.0391. The Labute approximate surface area is 143 Å². The van der Waals surface area contributed by atoms with Gasteiger partial charge < -0.3 is 9.32 Å². The Kier molecular flexibility index (Phi) is 5.25. The fourth-order valence-electron chi connectivity index (χ4n) is 2.13. The maximum Gasteiger partial charge on any atom is 0.417 e. The van der Waals surface area contributed by atoms with Crippen molar-refractivity contribution in [2.24, 2.45) is 4.99 Å². The van der Waals surface area contributed by atoms with Gasteiger partial charge in [0.2, 0.25) is 11.8 Å². The Morgan fingerprint density at radius 3 is 2.42 bits per heavy atom. The first-order valence-electron chi connectivity index (χ1n) is 6.88. The number of oxazole rings is 1. The highest BCUT2D eigenvalue weighted by Gasteiger charge is 2.36. The summed E-state index contributed by atoms with van der Waals surface area (Å²) in [7, 11) is 0. The molecule has 0 spiro atoms. The van der Waals surface area contributed by atoms with Gasteiger partial charge in [-0.05, 0) is 24.9 Å². The Bertz CT molecular complexity index is 834. The molecule has 0 unspecified atom stereocenters. The molecule has 11 heteroatoms. The second-order valence-electron chi connectivity index (χ2n) is 5.06. The van der Waals surface area contributed by atoms with Crippen molar-refractivity contribution in [3.8, 4) is 6.07 Å². The maximum atomic E-state index is 13.1. The first-order valence-corrected chi connectivity index (χ1v) is 6.88. The molecule has 1 heterocycles. The van der Waals surface area contributed by atoms with Crippen LogP contribution in [0.1, 0.15) is 17.0 Å². The fraction of sp³-hybridized carbons (Fsp3) is 0.267. The van der Waals surface area contributed by atoms with Crippen LogP contribution in [-0.4, -0.2) is 24.4 Å². The van der Waals surface area contributed by atoms with E-state index in [-0.39, 0.29) is 17.5 Å². The molecular weight excluding hydrogens is 366 g/mol. The molecule has 0 amide bonds. The summed E-state index contributed by atoms with van der Waals surface area (Å²) in [5.74, 6) is -0.225. The first-order chi connectivity index (χ1) is 12.0. The van der Waals surface area contributed by atoms with Crippen LogP contribution in [0.3, 0.4) is 0 Å². The lowest BCUT2D eigenvalue weighted by molar-refractivity contribution is -0.137. The van der Waals surface area contributed by atoms with Gasteiger partial charge in [0, 0.05) is 5.69 Å². The van der Waals surface area contributed by atoms with Crippen molar-refractivity contribution in [3.05, 3.63) is 41.4 Å². The number of rotatable bonds is 5. The van der Waals surface area contributed by atoms with Gasteiger partial charge in [-0.25, -0.2) is 9.98 Å². The second kappa shape index (κ2) is 7.07. The lowest BCUT2D eigenvalue weighted by Crippen LogP contribution is -2.34. The van der Waals surface area contributed by atoms with E-state index in [0.717, 1.165) is 18.3 Å². The molecule has 5 nitrogen and oxygen atoms in total.